The molecule has 7 heteroatoms. The van der Waals surface area contributed by atoms with Crippen molar-refractivity contribution < 1.29 is 9.72 Å². The molecule has 1 aliphatic rings. The van der Waals surface area contributed by atoms with E-state index in [1.54, 1.807) is 12.1 Å². The lowest BCUT2D eigenvalue weighted by molar-refractivity contribution is -0.384. The van der Waals surface area contributed by atoms with E-state index in [1.807, 2.05) is 4.90 Å². The number of piperazine rings is 1. The van der Waals surface area contributed by atoms with E-state index < -0.39 is 4.92 Å². The normalized spacial score (nSPS) is 15.0. The lowest BCUT2D eigenvalue weighted by Gasteiger charge is -2.36. The zero-order valence-corrected chi connectivity index (χ0v) is 13.0. The molecule has 2 amide bonds. The lowest BCUT2D eigenvalue weighted by Crippen LogP contribution is -2.52. The number of anilines is 1. The van der Waals surface area contributed by atoms with Crippen LogP contribution in [-0.2, 0) is 0 Å². The summed E-state index contributed by atoms with van der Waals surface area (Å²) in [5.74, 6) is 0.436. The number of nitrogens with one attached hydrogen (secondary N) is 1. The van der Waals surface area contributed by atoms with Crippen LogP contribution in [0.2, 0.25) is 0 Å². The van der Waals surface area contributed by atoms with Gasteiger partial charge in [-0.05, 0) is 18.1 Å². The van der Waals surface area contributed by atoms with E-state index in [-0.39, 0.29) is 11.7 Å². The van der Waals surface area contributed by atoms with Gasteiger partial charge in [-0.2, -0.15) is 0 Å². The first-order valence-electron chi connectivity index (χ1n) is 7.49. The van der Waals surface area contributed by atoms with E-state index in [9.17, 15) is 14.9 Å². The van der Waals surface area contributed by atoms with Gasteiger partial charge in [0.25, 0.3) is 5.69 Å². The molecule has 0 bridgehead atoms. The molecule has 0 aliphatic carbocycles. The molecule has 1 aliphatic heterocycles. The Morgan fingerprint density at radius 3 is 2.32 bits per heavy atom. The molecule has 2 rings (SSSR count). The number of benzene rings is 1. The van der Waals surface area contributed by atoms with E-state index in [1.165, 1.54) is 12.1 Å². The van der Waals surface area contributed by atoms with E-state index >= 15 is 0 Å². The number of nitro groups is 1. The SMILES string of the molecule is CC(C)CNC(=O)N1CCN(c2ccc([N+](=O)[O-])cc2)CC1. The molecule has 120 valence electrons. The van der Waals surface area contributed by atoms with E-state index in [0.29, 0.717) is 25.6 Å². The van der Waals surface area contributed by atoms with Crippen LogP contribution in [0.3, 0.4) is 0 Å². The third-order valence-corrected chi connectivity index (χ3v) is 3.65. The molecule has 7 nitrogen and oxygen atoms in total. The maximum Gasteiger partial charge on any atom is 0.317 e. The number of carbonyl (C=O) groups is 1. The molecule has 1 fully saturated rings. The third-order valence-electron chi connectivity index (χ3n) is 3.65. The van der Waals surface area contributed by atoms with Gasteiger partial charge in [0.05, 0.1) is 4.92 Å². The van der Waals surface area contributed by atoms with Crippen molar-refractivity contribution in [1.82, 2.24) is 10.2 Å². The minimum atomic E-state index is -0.402. The van der Waals surface area contributed by atoms with Crippen LogP contribution in [-0.4, -0.2) is 48.6 Å². The second-order valence-electron chi connectivity index (χ2n) is 5.83. The van der Waals surface area contributed by atoms with Gasteiger partial charge in [0, 0.05) is 50.5 Å². The summed E-state index contributed by atoms with van der Waals surface area (Å²) >= 11 is 0. The predicted molar refractivity (Wildman–Crippen MR) is 85.1 cm³/mol. The predicted octanol–water partition coefficient (Wildman–Crippen LogP) is 2.08. The second-order valence-corrected chi connectivity index (χ2v) is 5.83. The largest absolute Gasteiger partial charge is 0.368 e. The fourth-order valence-corrected chi connectivity index (χ4v) is 2.36. The summed E-state index contributed by atoms with van der Waals surface area (Å²) in [6, 6.07) is 6.52. The molecule has 0 radical (unpaired) electrons. The molecular weight excluding hydrogens is 284 g/mol. The highest BCUT2D eigenvalue weighted by molar-refractivity contribution is 5.74. The van der Waals surface area contributed by atoms with Gasteiger partial charge < -0.3 is 15.1 Å². The van der Waals surface area contributed by atoms with Crippen LogP contribution in [0.15, 0.2) is 24.3 Å². The van der Waals surface area contributed by atoms with Crippen LogP contribution in [0, 0.1) is 16.0 Å². The molecule has 1 aromatic rings. The van der Waals surface area contributed by atoms with Gasteiger partial charge in [0.1, 0.15) is 0 Å². The van der Waals surface area contributed by atoms with E-state index in [4.69, 9.17) is 0 Å². The highest BCUT2D eigenvalue weighted by Crippen LogP contribution is 2.20. The Morgan fingerprint density at radius 2 is 1.82 bits per heavy atom. The summed E-state index contributed by atoms with van der Waals surface area (Å²) in [5, 5.41) is 13.6. The van der Waals surface area contributed by atoms with Crippen molar-refractivity contribution >= 4 is 17.4 Å². The number of nitro benzene ring substituents is 1. The smallest absolute Gasteiger partial charge is 0.317 e. The third kappa shape index (κ3) is 4.09. The average Bonchev–Trinajstić information content (AvgIpc) is 2.53. The summed E-state index contributed by atoms with van der Waals surface area (Å²) in [5.41, 5.74) is 1.04. The number of nitrogens with zero attached hydrogens (tertiary/aromatic N) is 3. The van der Waals surface area contributed by atoms with Gasteiger partial charge in [-0.3, -0.25) is 10.1 Å². The maximum absolute atomic E-state index is 12.0. The number of amides is 2. The molecule has 22 heavy (non-hydrogen) atoms. The van der Waals surface area contributed by atoms with Crippen molar-refractivity contribution in [3.05, 3.63) is 34.4 Å². The maximum atomic E-state index is 12.0. The highest BCUT2D eigenvalue weighted by atomic mass is 16.6. The van der Waals surface area contributed by atoms with E-state index in [2.05, 4.69) is 24.1 Å². The Hall–Kier alpha value is -2.31. The second kappa shape index (κ2) is 7.11. The van der Waals surface area contributed by atoms with Crippen molar-refractivity contribution in [1.29, 1.82) is 0 Å². The summed E-state index contributed by atoms with van der Waals surface area (Å²) in [7, 11) is 0. The van der Waals surface area contributed by atoms with Gasteiger partial charge in [0.15, 0.2) is 0 Å². The first kappa shape index (κ1) is 16.1. The Morgan fingerprint density at radius 1 is 1.23 bits per heavy atom. The van der Waals surface area contributed by atoms with Gasteiger partial charge >= 0.3 is 6.03 Å². The number of urea groups is 1. The fraction of sp³-hybridized carbons (Fsp3) is 0.533. The van der Waals surface area contributed by atoms with Crippen LogP contribution in [0.25, 0.3) is 0 Å². The molecule has 1 heterocycles. The quantitative estimate of drug-likeness (QED) is 0.682. The molecule has 1 N–H and O–H groups in total. The molecule has 0 atom stereocenters. The Bertz CT molecular complexity index is 522. The number of non-ortho nitro benzene ring substituents is 1. The Kier molecular flexibility index (Phi) is 5.19. The molecule has 0 aromatic heterocycles. The fourth-order valence-electron chi connectivity index (χ4n) is 2.36. The molecule has 1 aromatic carbocycles. The number of hydrogen-bond acceptors (Lipinski definition) is 4. The molecule has 0 saturated carbocycles. The zero-order valence-electron chi connectivity index (χ0n) is 13.0. The molecule has 0 spiro atoms. The van der Waals surface area contributed by atoms with Crippen molar-refractivity contribution in [3.8, 4) is 0 Å². The van der Waals surface area contributed by atoms with Crippen LogP contribution >= 0.6 is 0 Å². The number of rotatable bonds is 4. The summed E-state index contributed by atoms with van der Waals surface area (Å²) in [6.45, 7) is 7.57. The summed E-state index contributed by atoms with van der Waals surface area (Å²) < 4.78 is 0. The first-order valence-corrected chi connectivity index (χ1v) is 7.49. The van der Waals surface area contributed by atoms with Crippen molar-refractivity contribution in [2.45, 2.75) is 13.8 Å². The average molecular weight is 306 g/mol. The van der Waals surface area contributed by atoms with Crippen molar-refractivity contribution in [3.63, 3.8) is 0 Å². The van der Waals surface area contributed by atoms with Crippen LogP contribution < -0.4 is 10.2 Å². The monoisotopic (exact) mass is 306 g/mol. The highest BCUT2D eigenvalue weighted by Gasteiger charge is 2.21. The van der Waals surface area contributed by atoms with E-state index in [0.717, 1.165) is 18.8 Å². The van der Waals surface area contributed by atoms with Gasteiger partial charge in [0.2, 0.25) is 0 Å². The van der Waals surface area contributed by atoms with Crippen molar-refractivity contribution in [2.24, 2.45) is 5.92 Å². The Labute approximate surface area is 130 Å². The number of carbonyl (C=O) groups excluding carboxylic acids is 1. The summed E-state index contributed by atoms with van der Waals surface area (Å²) in [4.78, 5) is 26.2. The number of hydrogen-bond donors (Lipinski definition) is 1. The lowest BCUT2D eigenvalue weighted by atomic mass is 10.2. The van der Waals surface area contributed by atoms with Crippen molar-refractivity contribution in [2.75, 3.05) is 37.6 Å². The van der Waals surface area contributed by atoms with Crippen LogP contribution in [0.1, 0.15) is 13.8 Å². The molecular formula is C15H22N4O3. The minimum Gasteiger partial charge on any atom is -0.368 e. The zero-order chi connectivity index (χ0) is 16.1. The standard InChI is InChI=1S/C15H22N4O3/c1-12(2)11-16-15(20)18-9-7-17(8-10-18)13-3-5-14(6-4-13)19(21)22/h3-6,12H,7-11H2,1-2H3,(H,16,20). The minimum absolute atomic E-state index is 0.0166. The summed E-state index contributed by atoms with van der Waals surface area (Å²) in [6.07, 6.45) is 0. The molecule has 0 unspecified atom stereocenters. The molecule has 1 saturated heterocycles. The van der Waals surface area contributed by atoms with Gasteiger partial charge in [-0.15, -0.1) is 0 Å². The topological polar surface area (TPSA) is 78.7 Å². The van der Waals surface area contributed by atoms with Crippen LogP contribution in [0.5, 0.6) is 0 Å². The van der Waals surface area contributed by atoms with Gasteiger partial charge in [-0.1, -0.05) is 13.8 Å². The van der Waals surface area contributed by atoms with Gasteiger partial charge in [-0.25, -0.2) is 4.79 Å². The Balaban J connectivity index is 1.86. The van der Waals surface area contributed by atoms with Crippen LogP contribution in [0.4, 0.5) is 16.2 Å². The first-order chi connectivity index (χ1) is 10.5.